The third kappa shape index (κ3) is 3.34. The molecule has 2 aliphatic rings. The zero-order valence-electron chi connectivity index (χ0n) is 15.5. The number of rotatable bonds is 3. The summed E-state index contributed by atoms with van der Waals surface area (Å²) in [7, 11) is 0. The zero-order valence-corrected chi connectivity index (χ0v) is 15.5. The van der Waals surface area contributed by atoms with Crippen molar-refractivity contribution in [1.29, 1.82) is 0 Å². The summed E-state index contributed by atoms with van der Waals surface area (Å²) in [5, 5.41) is 0. The maximum Gasteiger partial charge on any atom is 0.244 e. The minimum atomic E-state index is -0.0703. The fourth-order valence-electron chi connectivity index (χ4n) is 4.15. The molecule has 0 bridgehead atoms. The Morgan fingerprint density at radius 3 is 2.35 bits per heavy atom. The van der Waals surface area contributed by atoms with E-state index >= 15 is 0 Å². The van der Waals surface area contributed by atoms with Crippen molar-refractivity contribution in [3.8, 4) is 0 Å². The summed E-state index contributed by atoms with van der Waals surface area (Å²) < 4.78 is 0. The van der Waals surface area contributed by atoms with Crippen LogP contribution >= 0.6 is 0 Å². The van der Waals surface area contributed by atoms with Crippen LogP contribution in [0, 0.1) is 0 Å². The first-order valence-electron chi connectivity index (χ1n) is 9.67. The van der Waals surface area contributed by atoms with Crippen molar-refractivity contribution >= 4 is 17.3 Å². The number of aryl methyl sites for hydroxylation is 1. The summed E-state index contributed by atoms with van der Waals surface area (Å²) in [6.07, 6.45) is 2.13. The second-order valence-electron chi connectivity index (χ2n) is 7.26. The van der Waals surface area contributed by atoms with Crippen molar-refractivity contribution in [2.45, 2.75) is 25.8 Å². The van der Waals surface area contributed by atoms with Crippen LogP contribution in [0.15, 0.2) is 54.6 Å². The quantitative estimate of drug-likeness (QED) is 0.852. The van der Waals surface area contributed by atoms with Crippen LogP contribution in [-0.4, -0.2) is 49.6 Å². The molecule has 0 N–H and O–H groups in total. The van der Waals surface area contributed by atoms with E-state index in [-0.39, 0.29) is 11.9 Å². The number of anilines is 2. The van der Waals surface area contributed by atoms with E-state index < -0.39 is 0 Å². The number of nitrogens with zero attached hydrogens (tertiary/aromatic N) is 3. The predicted molar refractivity (Wildman–Crippen MR) is 107 cm³/mol. The summed E-state index contributed by atoms with van der Waals surface area (Å²) in [5.74, 6) is 0.241. The fourth-order valence-corrected chi connectivity index (χ4v) is 4.15. The van der Waals surface area contributed by atoms with Gasteiger partial charge in [-0.25, -0.2) is 0 Å². The Balaban J connectivity index is 1.41. The smallest absolute Gasteiger partial charge is 0.244 e. The summed E-state index contributed by atoms with van der Waals surface area (Å²) in [6, 6.07) is 18.8. The average molecular weight is 349 g/mol. The second kappa shape index (κ2) is 7.50. The van der Waals surface area contributed by atoms with Crippen molar-refractivity contribution in [3.05, 3.63) is 60.2 Å². The molecule has 2 aromatic rings. The van der Waals surface area contributed by atoms with Gasteiger partial charge in [0.1, 0.15) is 0 Å². The Morgan fingerprint density at radius 2 is 1.58 bits per heavy atom. The van der Waals surface area contributed by atoms with E-state index in [1.165, 1.54) is 11.3 Å². The number of carbonyl (C=O) groups excluding carboxylic acids is 1. The zero-order chi connectivity index (χ0) is 17.9. The molecule has 2 heterocycles. The number of hydrogen-bond donors (Lipinski definition) is 0. The number of hydrogen-bond acceptors (Lipinski definition) is 3. The van der Waals surface area contributed by atoms with Crippen molar-refractivity contribution in [2.24, 2.45) is 0 Å². The minimum absolute atomic E-state index is 0.0703. The van der Waals surface area contributed by atoms with Crippen molar-refractivity contribution < 1.29 is 4.79 Å². The highest BCUT2D eigenvalue weighted by Crippen LogP contribution is 2.28. The lowest BCUT2D eigenvalue weighted by Gasteiger charge is -2.40. The Bertz CT molecular complexity index is 753. The number of amides is 1. The molecule has 2 aliphatic heterocycles. The topological polar surface area (TPSA) is 26.8 Å². The van der Waals surface area contributed by atoms with E-state index in [9.17, 15) is 4.79 Å². The van der Waals surface area contributed by atoms with E-state index in [0.717, 1.165) is 51.3 Å². The molecule has 4 nitrogen and oxygen atoms in total. The molecule has 4 heteroatoms. The van der Waals surface area contributed by atoms with Crippen molar-refractivity contribution in [3.63, 3.8) is 0 Å². The number of piperazine rings is 1. The second-order valence-corrected chi connectivity index (χ2v) is 7.26. The molecule has 0 aliphatic carbocycles. The molecule has 1 unspecified atom stereocenters. The Hall–Kier alpha value is -2.33. The molecule has 1 amide bonds. The third-order valence-electron chi connectivity index (χ3n) is 5.72. The Kier molecular flexibility index (Phi) is 4.93. The molecular formula is C22H27N3O. The summed E-state index contributed by atoms with van der Waals surface area (Å²) in [5.41, 5.74) is 3.68. The van der Waals surface area contributed by atoms with Gasteiger partial charge in [0.15, 0.2) is 0 Å². The van der Waals surface area contributed by atoms with E-state index in [4.69, 9.17) is 0 Å². The standard InChI is InChI=1S/C22H27N3O/c1-18(22(26)25-13-7-9-19-8-5-6-12-21(19)25)23-14-16-24(17-15-23)20-10-3-2-4-11-20/h2-6,8,10-12,18H,7,9,13-17H2,1H3. The molecule has 1 saturated heterocycles. The first-order valence-corrected chi connectivity index (χ1v) is 9.67. The number of carbonyl (C=O) groups is 1. The highest BCUT2D eigenvalue weighted by Gasteiger charge is 2.31. The van der Waals surface area contributed by atoms with Gasteiger partial charge in [0.2, 0.25) is 5.91 Å². The molecule has 0 saturated carbocycles. The minimum Gasteiger partial charge on any atom is -0.369 e. The molecule has 4 rings (SSSR count). The molecule has 0 spiro atoms. The Labute approximate surface area is 156 Å². The monoisotopic (exact) mass is 349 g/mol. The lowest BCUT2D eigenvalue weighted by Crippen LogP contribution is -2.55. The van der Waals surface area contributed by atoms with Crippen molar-refractivity contribution in [2.75, 3.05) is 42.5 Å². The van der Waals surface area contributed by atoms with E-state index in [2.05, 4.69) is 65.3 Å². The van der Waals surface area contributed by atoms with Crippen LogP contribution in [0.5, 0.6) is 0 Å². The van der Waals surface area contributed by atoms with Crippen LogP contribution in [0.2, 0.25) is 0 Å². The van der Waals surface area contributed by atoms with Gasteiger partial charge < -0.3 is 9.80 Å². The van der Waals surface area contributed by atoms with Crippen molar-refractivity contribution in [1.82, 2.24) is 4.90 Å². The number of para-hydroxylation sites is 2. The van der Waals surface area contributed by atoms with Gasteiger partial charge in [0.25, 0.3) is 0 Å². The predicted octanol–water partition coefficient (Wildman–Crippen LogP) is 3.18. The van der Waals surface area contributed by atoms with Crippen LogP contribution in [-0.2, 0) is 11.2 Å². The van der Waals surface area contributed by atoms with Gasteiger partial charge in [0, 0.05) is 44.1 Å². The molecule has 0 radical (unpaired) electrons. The van der Waals surface area contributed by atoms with Gasteiger partial charge >= 0.3 is 0 Å². The molecule has 1 fully saturated rings. The first-order chi connectivity index (χ1) is 12.7. The largest absolute Gasteiger partial charge is 0.369 e. The SMILES string of the molecule is CC(C(=O)N1CCCc2ccccc21)N1CCN(c2ccccc2)CC1. The van der Waals surface area contributed by atoms with E-state index in [1.807, 2.05) is 11.0 Å². The fraction of sp³-hybridized carbons (Fsp3) is 0.409. The normalized spacial score (nSPS) is 19.1. The number of fused-ring (bicyclic) bond motifs is 1. The van der Waals surface area contributed by atoms with Crippen LogP contribution in [0.4, 0.5) is 11.4 Å². The molecule has 2 aromatic carbocycles. The van der Waals surface area contributed by atoms with Crippen LogP contribution in [0.1, 0.15) is 18.9 Å². The molecular weight excluding hydrogens is 322 g/mol. The van der Waals surface area contributed by atoms with Gasteiger partial charge in [-0.05, 0) is 43.5 Å². The number of benzene rings is 2. The summed E-state index contributed by atoms with van der Waals surface area (Å²) in [6.45, 7) is 6.70. The summed E-state index contributed by atoms with van der Waals surface area (Å²) in [4.78, 5) is 19.9. The van der Waals surface area contributed by atoms with Crippen LogP contribution in [0.25, 0.3) is 0 Å². The maximum atomic E-state index is 13.2. The van der Waals surface area contributed by atoms with Crippen LogP contribution < -0.4 is 9.80 Å². The van der Waals surface area contributed by atoms with Crippen LogP contribution in [0.3, 0.4) is 0 Å². The lowest BCUT2D eigenvalue weighted by molar-refractivity contribution is -0.123. The first kappa shape index (κ1) is 17.1. The highest BCUT2D eigenvalue weighted by atomic mass is 16.2. The molecule has 1 atom stereocenters. The van der Waals surface area contributed by atoms with Gasteiger partial charge in [0.05, 0.1) is 6.04 Å². The molecule has 136 valence electrons. The van der Waals surface area contributed by atoms with Gasteiger partial charge in [-0.3, -0.25) is 9.69 Å². The van der Waals surface area contributed by atoms with E-state index in [1.54, 1.807) is 0 Å². The highest BCUT2D eigenvalue weighted by molar-refractivity contribution is 5.98. The van der Waals surface area contributed by atoms with Gasteiger partial charge in [-0.1, -0.05) is 36.4 Å². The lowest BCUT2D eigenvalue weighted by atomic mass is 10.0. The van der Waals surface area contributed by atoms with Gasteiger partial charge in [-0.2, -0.15) is 0 Å². The third-order valence-corrected chi connectivity index (χ3v) is 5.72. The average Bonchev–Trinajstić information content (AvgIpc) is 2.73. The summed E-state index contributed by atoms with van der Waals surface area (Å²) >= 11 is 0. The van der Waals surface area contributed by atoms with E-state index in [0.29, 0.717) is 0 Å². The maximum absolute atomic E-state index is 13.2. The Morgan fingerprint density at radius 1 is 0.885 bits per heavy atom. The molecule has 0 aromatic heterocycles. The molecule has 26 heavy (non-hydrogen) atoms. The van der Waals surface area contributed by atoms with Gasteiger partial charge in [-0.15, -0.1) is 0 Å².